The normalized spacial score (nSPS) is 10.1. The lowest BCUT2D eigenvalue weighted by atomic mass is 10.2. The van der Waals surface area contributed by atoms with Gasteiger partial charge in [-0.25, -0.2) is 4.79 Å². The van der Waals surface area contributed by atoms with E-state index in [1.165, 1.54) is 19.2 Å². The van der Waals surface area contributed by atoms with Crippen molar-refractivity contribution < 1.29 is 19.4 Å². The Balaban J connectivity index is 2.15. The van der Waals surface area contributed by atoms with Crippen LogP contribution < -0.4 is 9.47 Å². The Labute approximate surface area is 124 Å². The van der Waals surface area contributed by atoms with E-state index < -0.39 is 5.97 Å². The van der Waals surface area contributed by atoms with E-state index in [-0.39, 0.29) is 5.56 Å². The van der Waals surface area contributed by atoms with Crippen LogP contribution in [0.1, 0.15) is 15.9 Å². The molecule has 5 nitrogen and oxygen atoms in total. The number of aromatic nitrogens is 1. The van der Waals surface area contributed by atoms with Gasteiger partial charge < -0.3 is 14.6 Å². The zero-order chi connectivity index (χ0) is 14.5. The fourth-order valence-electron chi connectivity index (χ4n) is 1.62. The van der Waals surface area contributed by atoms with E-state index >= 15 is 0 Å². The Morgan fingerprint density at radius 3 is 2.75 bits per heavy atom. The molecule has 2 aromatic rings. The summed E-state index contributed by atoms with van der Waals surface area (Å²) in [6.45, 7) is 0.315. The molecule has 0 atom stereocenters. The van der Waals surface area contributed by atoms with Gasteiger partial charge >= 0.3 is 5.97 Å². The second-order valence-corrected chi connectivity index (χ2v) is 4.89. The van der Waals surface area contributed by atoms with Crippen molar-refractivity contribution in [3.63, 3.8) is 0 Å². The molecule has 104 valence electrons. The Kier molecular flexibility index (Phi) is 4.57. The number of nitrogens with zero attached hydrogens (tertiary/aromatic N) is 1. The summed E-state index contributed by atoms with van der Waals surface area (Å²) in [5.41, 5.74) is 1.04. The lowest BCUT2D eigenvalue weighted by molar-refractivity contribution is 0.0696. The summed E-state index contributed by atoms with van der Waals surface area (Å²) in [5.74, 6) is -0.142. The highest BCUT2D eigenvalue weighted by molar-refractivity contribution is 9.10. The van der Waals surface area contributed by atoms with Crippen LogP contribution in [0.2, 0.25) is 0 Å². The van der Waals surface area contributed by atoms with E-state index in [2.05, 4.69) is 20.9 Å². The quantitative estimate of drug-likeness (QED) is 0.907. The van der Waals surface area contributed by atoms with Crippen LogP contribution in [0.25, 0.3) is 0 Å². The molecule has 0 aliphatic rings. The SMILES string of the molecule is COc1cc(C(=O)O)ccc1OCc1cncc(Br)c1. The van der Waals surface area contributed by atoms with Crippen molar-refractivity contribution in [1.82, 2.24) is 4.98 Å². The third-order valence-corrected chi connectivity index (χ3v) is 3.00. The molecule has 0 saturated carbocycles. The number of carbonyl (C=O) groups is 1. The van der Waals surface area contributed by atoms with Crippen LogP contribution in [0.4, 0.5) is 0 Å². The molecule has 0 amide bonds. The highest BCUT2D eigenvalue weighted by atomic mass is 79.9. The number of aromatic carboxylic acids is 1. The first-order valence-electron chi connectivity index (χ1n) is 5.73. The Hall–Kier alpha value is -2.08. The standard InChI is InChI=1S/C14H12BrNO4/c1-19-13-5-10(14(17)18)2-3-12(13)20-8-9-4-11(15)7-16-6-9/h2-7H,8H2,1H3,(H,17,18). The van der Waals surface area contributed by atoms with Crippen molar-refractivity contribution in [2.75, 3.05) is 7.11 Å². The molecule has 6 heteroatoms. The van der Waals surface area contributed by atoms with Crippen LogP contribution in [0.3, 0.4) is 0 Å². The second kappa shape index (κ2) is 6.38. The number of hydrogen-bond donors (Lipinski definition) is 1. The molecule has 0 unspecified atom stereocenters. The lowest BCUT2D eigenvalue weighted by Crippen LogP contribution is -2.01. The number of carboxylic acids is 1. The minimum atomic E-state index is -1.01. The second-order valence-electron chi connectivity index (χ2n) is 3.97. The fourth-order valence-corrected chi connectivity index (χ4v) is 2.03. The van der Waals surface area contributed by atoms with Gasteiger partial charge in [0.1, 0.15) is 6.61 Å². The largest absolute Gasteiger partial charge is 0.493 e. The van der Waals surface area contributed by atoms with Gasteiger partial charge in [0, 0.05) is 22.4 Å². The maximum absolute atomic E-state index is 10.9. The molecule has 2 rings (SSSR count). The van der Waals surface area contributed by atoms with Crippen molar-refractivity contribution in [1.29, 1.82) is 0 Å². The van der Waals surface area contributed by atoms with E-state index in [0.717, 1.165) is 10.0 Å². The molecule has 20 heavy (non-hydrogen) atoms. The predicted molar refractivity (Wildman–Crippen MR) is 76.2 cm³/mol. The molecule has 0 bridgehead atoms. The third-order valence-electron chi connectivity index (χ3n) is 2.57. The molecule has 0 spiro atoms. The van der Waals surface area contributed by atoms with Gasteiger partial charge in [-0.2, -0.15) is 0 Å². The van der Waals surface area contributed by atoms with Crippen LogP contribution >= 0.6 is 15.9 Å². The summed E-state index contributed by atoms with van der Waals surface area (Å²) in [6.07, 6.45) is 3.38. The number of halogens is 1. The highest BCUT2D eigenvalue weighted by Crippen LogP contribution is 2.29. The van der Waals surface area contributed by atoms with Crippen LogP contribution in [0, 0.1) is 0 Å². The van der Waals surface area contributed by atoms with E-state index in [0.29, 0.717) is 18.1 Å². The molecule has 1 N–H and O–H groups in total. The molecule has 0 radical (unpaired) electrons. The third kappa shape index (κ3) is 3.48. The topological polar surface area (TPSA) is 68.7 Å². The van der Waals surface area contributed by atoms with Crippen molar-refractivity contribution in [3.05, 3.63) is 52.3 Å². The van der Waals surface area contributed by atoms with Gasteiger partial charge in [-0.15, -0.1) is 0 Å². The fraction of sp³-hybridized carbons (Fsp3) is 0.143. The average Bonchev–Trinajstić information content (AvgIpc) is 2.45. The number of hydrogen-bond acceptors (Lipinski definition) is 4. The molecule has 0 aliphatic carbocycles. The van der Waals surface area contributed by atoms with Crippen LogP contribution in [0.15, 0.2) is 41.1 Å². The number of carboxylic acid groups (broad SMARTS) is 1. The molecule has 1 aromatic heterocycles. The molecular formula is C14H12BrNO4. The summed E-state index contributed by atoms with van der Waals surface area (Å²) in [4.78, 5) is 14.9. The van der Waals surface area contributed by atoms with Crippen molar-refractivity contribution >= 4 is 21.9 Å². The molecule has 1 heterocycles. The minimum absolute atomic E-state index is 0.151. The van der Waals surface area contributed by atoms with Crippen LogP contribution in [0.5, 0.6) is 11.5 Å². The molecule has 0 fully saturated rings. The summed E-state index contributed by atoms with van der Waals surface area (Å²) >= 11 is 3.33. The molecule has 0 saturated heterocycles. The van der Waals surface area contributed by atoms with Crippen molar-refractivity contribution in [2.45, 2.75) is 6.61 Å². The van der Waals surface area contributed by atoms with E-state index in [1.54, 1.807) is 18.5 Å². The van der Waals surface area contributed by atoms with Crippen LogP contribution in [-0.2, 0) is 6.61 Å². The number of rotatable bonds is 5. The number of pyridine rings is 1. The van der Waals surface area contributed by atoms with Gasteiger partial charge in [-0.1, -0.05) is 0 Å². The van der Waals surface area contributed by atoms with Gasteiger partial charge in [0.05, 0.1) is 12.7 Å². The van der Waals surface area contributed by atoms with Crippen LogP contribution in [-0.4, -0.2) is 23.2 Å². The first-order valence-corrected chi connectivity index (χ1v) is 6.53. The summed E-state index contributed by atoms with van der Waals surface area (Å²) in [6, 6.07) is 6.37. The Morgan fingerprint density at radius 2 is 2.10 bits per heavy atom. The van der Waals surface area contributed by atoms with Gasteiger partial charge in [0.15, 0.2) is 11.5 Å². The molecule has 1 aromatic carbocycles. The van der Waals surface area contributed by atoms with E-state index in [4.69, 9.17) is 14.6 Å². The highest BCUT2D eigenvalue weighted by Gasteiger charge is 2.10. The Bertz CT molecular complexity index is 630. The lowest BCUT2D eigenvalue weighted by Gasteiger charge is -2.11. The van der Waals surface area contributed by atoms with Crippen molar-refractivity contribution in [2.24, 2.45) is 0 Å². The number of ether oxygens (including phenoxy) is 2. The maximum Gasteiger partial charge on any atom is 0.335 e. The Morgan fingerprint density at radius 1 is 1.30 bits per heavy atom. The van der Waals surface area contributed by atoms with E-state index in [9.17, 15) is 4.79 Å². The first kappa shape index (κ1) is 14.3. The monoisotopic (exact) mass is 337 g/mol. The van der Waals surface area contributed by atoms with Crippen molar-refractivity contribution in [3.8, 4) is 11.5 Å². The smallest absolute Gasteiger partial charge is 0.335 e. The maximum atomic E-state index is 10.9. The first-order chi connectivity index (χ1) is 9.60. The van der Waals surface area contributed by atoms with Gasteiger partial charge in [0.2, 0.25) is 0 Å². The summed E-state index contributed by atoms with van der Waals surface area (Å²) < 4.78 is 11.6. The zero-order valence-corrected chi connectivity index (χ0v) is 12.3. The number of benzene rings is 1. The molecular weight excluding hydrogens is 326 g/mol. The average molecular weight is 338 g/mol. The van der Waals surface area contributed by atoms with E-state index in [1.807, 2.05) is 6.07 Å². The molecule has 0 aliphatic heterocycles. The summed E-state index contributed by atoms with van der Waals surface area (Å²) in [7, 11) is 1.47. The summed E-state index contributed by atoms with van der Waals surface area (Å²) in [5, 5.41) is 8.92. The van der Waals surface area contributed by atoms with Gasteiger partial charge in [-0.05, 0) is 40.2 Å². The number of methoxy groups -OCH3 is 1. The minimum Gasteiger partial charge on any atom is -0.493 e. The zero-order valence-electron chi connectivity index (χ0n) is 10.7. The predicted octanol–water partition coefficient (Wildman–Crippen LogP) is 3.13. The van der Waals surface area contributed by atoms with Gasteiger partial charge in [0.25, 0.3) is 0 Å². The van der Waals surface area contributed by atoms with Gasteiger partial charge in [-0.3, -0.25) is 4.98 Å².